The molecular weight excluding hydrogens is 311 g/mol. The van der Waals surface area contributed by atoms with Gasteiger partial charge in [0.25, 0.3) is 5.89 Å². The minimum atomic E-state index is -0.725. The van der Waals surface area contributed by atoms with Crippen LogP contribution in [0.5, 0.6) is 5.75 Å². The predicted molar refractivity (Wildman–Crippen MR) is 82.6 cm³/mol. The number of hydrogen-bond acceptors (Lipinski definition) is 6. The van der Waals surface area contributed by atoms with Crippen LogP contribution in [0.25, 0.3) is 11.5 Å². The lowest BCUT2D eigenvalue weighted by atomic mass is 9.82. The van der Waals surface area contributed by atoms with E-state index in [1.165, 1.54) is 12.1 Å². The Morgan fingerprint density at radius 3 is 2.75 bits per heavy atom. The number of phenols is 1. The molecule has 6 nitrogen and oxygen atoms in total. The lowest BCUT2D eigenvalue weighted by Crippen LogP contribution is -2.26. The summed E-state index contributed by atoms with van der Waals surface area (Å²) in [5, 5.41) is 14.0. The highest BCUT2D eigenvalue weighted by atomic mass is 19.1. The molecule has 1 aliphatic rings. The molecule has 0 aliphatic heterocycles. The molecule has 1 fully saturated rings. The van der Waals surface area contributed by atoms with Crippen molar-refractivity contribution in [3.63, 3.8) is 0 Å². The molecule has 0 unspecified atom stereocenters. The largest absolute Gasteiger partial charge is 0.504 e. The molecule has 122 valence electrons. The van der Waals surface area contributed by atoms with Gasteiger partial charge in [0, 0.05) is 18.6 Å². The normalized spacial score (nSPS) is 16.4. The minimum absolute atomic E-state index is 0.0946. The van der Waals surface area contributed by atoms with Crippen molar-refractivity contribution < 1.29 is 14.0 Å². The smallest absolute Gasteiger partial charge is 0.261 e. The summed E-state index contributed by atoms with van der Waals surface area (Å²) in [5.41, 5.74) is 0.540. The highest BCUT2D eigenvalue weighted by molar-refractivity contribution is 5.62. The summed E-state index contributed by atoms with van der Waals surface area (Å²) >= 11 is 0. The second-order valence-electron chi connectivity index (χ2n) is 5.94. The van der Waals surface area contributed by atoms with Crippen molar-refractivity contribution in [2.75, 3.05) is 0 Å². The number of rotatable bonds is 3. The van der Waals surface area contributed by atoms with Crippen molar-refractivity contribution in [2.45, 2.75) is 31.1 Å². The molecule has 2 heterocycles. The Morgan fingerprint density at radius 1 is 1.17 bits per heavy atom. The van der Waals surface area contributed by atoms with E-state index in [-0.39, 0.29) is 11.5 Å². The van der Waals surface area contributed by atoms with Gasteiger partial charge in [-0.3, -0.25) is 9.97 Å². The number of aromatic nitrogens is 4. The van der Waals surface area contributed by atoms with Crippen LogP contribution < -0.4 is 0 Å². The SMILES string of the molecule is Oc1c(F)cccc1-c1nc(C2(c3cnccn3)CCCC2)no1. The van der Waals surface area contributed by atoms with Crippen LogP contribution >= 0.6 is 0 Å². The van der Waals surface area contributed by atoms with Crippen LogP contribution in [0.1, 0.15) is 37.2 Å². The fourth-order valence-corrected chi connectivity index (χ4v) is 3.33. The molecule has 1 aliphatic carbocycles. The topological polar surface area (TPSA) is 84.9 Å². The second kappa shape index (κ2) is 5.67. The molecular formula is C17H15FN4O2. The van der Waals surface area contributed by atoms with Gasteiger partial charge < -0.3 is 9.63 Å². The summed E-state index contributed by atoms with van der Waals surface area (Å²) in [6, 6.07) is 4.20. The quantitative estimate of drug-likeness (QED) is 0.795. The molecule has 0 radical (unpaired) electrons. The molecule has 4 rings (SSSR count). The zero-order valence-electron chi connectivity index (χ0n) is 12.8. The molecule has 0 bridgehead atoms. The van der Waals surface area contributed by atoms with E-state index >= 15 is 0 Å². The number of halogens is 1. The third-order valence-electron chi connectivity index (χ3n) is 4.58. The average Bonchev–Trinajstić information content (AvgIpc) is 3.28. The monoisotopic (exact) mass is 326 g/mol. The molecule has 3 aromatic rings. The van der Waals surface area contributed by atoms with Gasteiger partial charge in [-0.25, -0.2) is 4.39 Å². The van der Waals surface area contributed by atoms with E-state index < -0.39 is 17.0 Å². The van der Waals surface area contributed by atoms with Crippen LogP contribution in [-0.4, -0.2) is 25.2 Å². The first-order valence-electron chi connectivity index (χ1n) is 7.79. The van der Waals surface area contributed by atoms with Gasteiger partial charge in [-0.05, 0) is 25.0 Å². The maximum atomic E-state index is 13.6. The van der Waals surface area contributed by atoms with E-state index in [0.29, 0.717) is 5.82 Å². The van der Waals surface area contributed by atoms with Crippen LogP contribution in [0.4, 0.5) is 4.39 Å². The number of aromatic hydroxyl groups is 1. The van der Waals surface area contributed by atoms with Crippen molar-refractivity contribution in [3.05, 3.63) is 54.1 Å². The van der Waals surface area contributed by atoms with Crippen LogP contribution in [-0.2, 0) is 5.41 Å². The van der Waals surface area contributed by atoms with Crippen LogP contribution in [0.15, 0.2) is 41.3 Å². The molecule has 1 saturated carbocycles. The van der Waals surface area contributed by atoms with Crippen molar-refractivity contribution >= 4 is 0 Å². The van der Waals surface area contributed by atoms with Gasteiger partial charge in [-0.2, -0.15) is 4.98 Å². The maximum absolute atomic E-state index is 13.6. The third-order valence-corrected chi connectivity index (χ3v) is 4.58. The summed E-state index contributed by atoms with van der Waals surface area (Å²) in [6.07, 6.45) is 8.76. The zero-order valence-corrected chi connectivity index (χ0v) is 12.8. The van der Waals surface area contributed by atoms with Gasteiger partial charge in [0.05, 0.1) is 16.7 Å². The fraction of sp³-hybridized carbons (Fsp3) is 0.294. The summed E-state index contributed by atoms with van der Waals surface area (Å²) in [5.74, 6) is -0.624. The van der Waals surface area contributed by atoms with E-state index in [9.17, 15) is 9.50 Å². The number of nitrogens with zero attached hydrogens (tertiary/aromatic N) is 4. The fourth-order valence-electron chi connectivity index (χ4n) is 3.33. The molecule has 0 spiro atoms. The number of para-hydroxylation sites is 1. The number of hydrogen-bond donors (Lipinski definition) is 1. The summed E-state index contributed by atoms with van der Waals surface area (Å²) in [4.78, 5) is 13.0. The summed E-state index contributed by atoms with van der Waals surface area (Å²) in [6.45, 7) is 0. The van der Waals surface area contributed by atoms with E-state index in [2.05, 4.69) is 20.1 Å². The first-order chi connectivity index (χ1) is 11.7. The summed E-state index contributed by atoms with van der Waals surface area (Å²) < 4.78 is 18.9. The summed E-state index contributed by atoms with van der Waals surface area (Å²) in [7, 11) is 0. The average molecular weight is 326 g/mol. The van der Waals surface area contributed by atoms with Crippen molar-refractivity contribution in [3.8, 4) is 17.2 Å². The van der Waals surface area contributed by atoms with Crippen LogP contribution in [0.3, 0.4) is 0 Å². The van der Waals surface area contributed by atoms with Gasteiger partial charge in [-0.15, -0.1) is 0 Å². The molecule has 1 aromatic carbocycles. The van der Waals surface area contributed by atoms with Gasteiger partial charge in [0.2, 0.25) is 0 Å². The van der Waals surface area contributed by atoms with E-state index in [1.54, 1.807) is 24.7 Å². The number of phenolic OH excluding ortho intramolecular Hbond substituents is 1. The van der Waals surface area contributed by atoms with Gasteiger partial charge in [0.15, 0.2) is 17.4 Å². The lowest BCUT2D eigenvalue weighted by Gasteiger charge is -2.23. The first-order valence-corrected chi connectivity index (χ1v) is 7.79. The van der Waals surface area contributed by atoms with E-state index in [0.717, 1.165) is 31.4 Å². The van der Waals surface area contributed by atoms with Gasteiger partial charge >= 0.3 is 0 Å². The third kappa shape index (κ3) is 2.24. The van der Waals surface area contributed by atoms with E-state index in [1.807, 2.05) is 0 Å². The van der Waals surface area contributed by atoms with Crippen molar-refractivity contribution in [2.24, 2.45) is 0 Å². The van der Waals surface area contributed by atoms with Crippen LogP contribution in [0.2, 0.25) is 0 Å². The zero-order chi connectivity index (χ0) is 16.6. The number of benzene rings is 1. The Morgan fingerprint density at radius 2 is 2.00 bits per heavy atom. The van der Waals surface area contributed by atoms with Gasteiger partial charge in [0.1, 0.15) is 0 Å². The standard InChI is InChI=1S/C17H15FN4O2/c18-12-5-3-4-11(14(12)23)15-21-16(22-24-15)17(6-1-2-7-17)13-10-19-8-9-20-13/h3-5,8-10,23H,1-2,6-7H2. The second-order valence-corrected chi connectivity index (χ2v) is 5.94. The van der Waals surface area contributed by atoms with E-state index in [4.69, 9.17) is 4.52 Å². The first kappa shape index (κ1) is 14.7. The Labute approximate surface area is 137 Å². The van der Waals surface area contributed by atoms with Crippen molar-refractivity contribution in [1.82, 2.24) is 20.1 Å². The highest BCUT2D eigenvalue weighted by Crippen LogP contribution is 2.44. The molecule has 0 saturated heterocycles. The Hall–Kier alpha value is -2.83. The van der Waals surface area contributed by atoms with Gasteiger partial charge in [-0.1, -0.05) is 24.1 Å². The minimum Gasteiger partial charge on any atom is -0.504 e. The molecule has 0 amide bonds. The molecule has 0 atom stereocenters. The van der Waals surface area contributed by atoms with Crippen LogP contribution in [0, 0.1) is 5.82 Å². The molecule has 2 aromatic heterocycles. The maximum Gasteiger partial charge on any atom is 0.261 e. The molecule has 24 heavy (non-hydrogen) atoms. The Bertz CT molecular complexity index is 860. The lowest BCUT2D eigenvalue weighted by molar-refractivity contribution is 0.387. The predicted octanol–water partition coefficient (Wildman–Crippen LogP) is 3.23. The highest BCUT2D eigenvalue weighted by Gasteiger charge is 2.43. The Balaban J connectivity index is 1.80. The Kier molecular flexibility index (Phi) is 3.48. The van der Waals surface area contributed by atoms with Crippen molar-refractivity contribution in [1.29, 1.82) is 0 Å². The molecule has 1 N–H and O–H groups in total. The molecule has 7 heteroatoms.